The maximum absolute atomic E-state index is 12.5. The highest BCUT2D eigenvalue weighted by molar-refractivity contribution is 7.99. The van der Waals surface area contributed by atoms with Gasteiger partial charge in [0.25, 0.3) is 0 Å². The minimum absolute atomic E-state index is 0.208. The minimum atomic E-state index is 0.208. The van der Waals surface area contributed by atoms with Crippen LogP contribution in [-0.2, 0) is 17.1 Å². The van der Waals surface area contributed by atoms with Gasteiger partial charge in [-0.1, -0.05) is 24.3 Å². The molecule has 2 aromatic rings. The first-order valence-corrected chi connectivity index (χ1v) is 10.6. The number of aromatic nitrogens is 4. The number of carbonyl (C=O) groups excluding carboxylic acids is 1. The van der Waals surface area contributed by atoms with Crippen LogP contribution < -0.4 is 0 Å². The first kappa shape index (κ1) is 19.8. The number of hydrogen-bond donors (Lipinski definition) is 0. The van der Waals surface area contributed by atoms with Gasteiger partial charge >= 0.3 is 0 Å². The molecule has 27 heavy (non-hydrogen) atoms. The molecule has 1 aromatic carbocycles. The molecule has 0 spiro atoms. The van der Waals surface area contributed by atoms with Crippen molar-refractivity contribution in [2.75, 3.05) is 31.9 Å². The summed E-state index contributed by atoms with van der Waals surface area (Å²) in [6.07, 6.45) is 0. The molecule has 1 fully saturated rings. The Kier molecular flexibility index (Phi) is 6.84. The fourth-order valence-electron chi connectivity index (χ4n) is 3.21. The summed E-state index contributed by atoms with van der Waals surface area (Å²) in [7, 11) is 0. The molecular weight excluding hydrogens is 360 g/mol. The number of amides is 1. The molecule has 1 saturated heterocycles. The highest BCUT2D eigenvalue weighted by Crippen LogP contribution is 2.15. The zero-order valence-corrected chi connectivity index (χ0v) is 17.2. The minimum Gasteiger partial charge on any atom is -0.339 e. The van der Waals surface area contributed by atoms with Crippen LogP contribution in [0.1, 0.15) is 36.8 Å². The van der Waals surface area contributed by atoms with Crippen molar-refractivity contribution in [1.29, 1.82) is 0 Å². The predicted molar refractivity (Wildman–Crippen MR) is 107 cm³/mol. The first-order valence-electron chi connectivity index (χ1n) is 9.43. The number of piperazine rings is 1. The summed E-state index contributed by atoms with van der Waals surface area (Å²) in [6.45, 7) is 10.7. The highest BCUT2D eigenvalue weighted by Gasteiger charge is 2.21. The second-order valence-electron chi connectivity index (χ2n) is 7.21. The monoisotopic (exact) mass is 388 g/mol. The van der Waals surface area contributed by atoms with Gasteiger partial charge in [0.1, 0.15) is 0 Å². The standard InChI is InChI=1S/C19H28N6OS/c1-15(2)25-18(20-21-22-25)13-27-14-19(26)24-10-8-23(9-11-24)12-17-7-5-4-6-16(17)3/h4-7,15H,8-14H2,1-3H3. The summed E-state index contributed by atoms with van der Waals surface area (Å²) in [5.41, 5.74) is 2.70. The van der Waals surface area contributed by atoms with Crippen LogP contribution in [0.2, 0.25) is 0 Å². The van der Waals surface area contributed by atoms with Crippen LogP contribution in [0.5, 0.6) is 0 Å². The molecule has 0 radical (unpaired) electrons. The lowest BCUT2D eigenvalue weighted by atomic mass is 10.1. The first-order chi connectivity index (χ1) is 13.0. The Morgan fingerprint density at radius 1 is 1.19 bits per heavy atom. The molecule has 0 unspecified atom stereocenters. The molecule has 1 amide bonds. The Morgan fingerprint density at radius 3 is 2.63 bits per heavy atom. The molecule has 1 aliphatic rings. The summed E-state index contributed by atoms with van der Waals surface area (Å²) < 4.78 is 1.81. The number of benzene rings is 1. The fourth-order valence-corrected chi connectivity index (χ4v) is 4.05. The van der Waals surface area contributed by atoms with Crippen molar-refractivity contribution in [3.63, 3.8) is 0 Å². The zero-order chi connectivity index (χ0) is 19.2. The number of nitrogens with zero attached hydrogens (tertiary/aromatic N) is 6. The van der Waals surface area contributed by atoms with Crippen molar-refractivity contribution >= 4 is 17.7 Å². The molecular formula is C19H28N6OS. The van der Waals surface area contributed by atoms with Gasteiger partial charge in [-0.05, 0) is 42.3 Å². The molecule has 0 atom stereocenters. The third-order valence-electron chi connectivity index (χ3n) is 4.89. The molecule has 0 bridgehead atoms. The second kappa shape index (κ2) is 9.32. The van der Waals surface area contributed by atoms with Crippen molar-refractivity contribution in [3.05, 3.63) is 41.2 Å². The van der Waals surface area contributed by atoms with Gasteiger partial charge < -0.3 is 4.90 Å². The van der Waals surface area contributed by atoms with Gasteiger partial charge in [-0.15, -0.1) is 16.9 Å². The maximum atomic E-state index is 12.5. The molecule has 0 N–H and O–H groups in total. The highest BCUT2D eigenvalue weighted by atomic mass is 32.2. The third-order valence-corrected chi connectivity index (χ3v) is 5.80. The second-order valence-corrected chi connectivity index (χ2v) is 8.20. The van der Waals surface area contributed by atoms with E-state index in [2.05, 4.69) is 51.6 Å². The summed E-state index contributed by atoms with van der Waals surface area (Å²) in [5.74, 6) is 2.16. The molecule has 8 heteroatoms. The van der Waals surface area contributed by atoms with Gasteiger partial charge in [-0.3, -0.25) is 9.69 Å². The van der Waals surface area contributed by atoms with Gasteiger partial charge in [-0.2, -0.15) is 0 Å². The smallest absolute Gasteiger partial charge is 0.232 e. The molecule has 7 nitrogen and oxygen atoms in total. The Morgan fingerprint density at radius 2 is 1.93 bits per heavy atom. The Labute approximate surface area is 165 Å². The van der Waals surface area contributed by atoms with Gasteiger partial charge in [0.05, 0.1) is 17.5 Å². The number of aryl methyl sites for hydroxylation is 1. The summed E-state index contributed by atoms with van der Waals surface area (Å²) in [5, 5.41) is 11.8. The van der Waals surface area contributed by atoms with Gasteiger partial charge in [0.15, 0.2) is 5.82 Å². The van der Waals surface area contributed by atoms with E-state index in [1.54, 1.807) is 11.8 Å². The van der Waals surface area contributed by atoms with Crippen molar-refractivity contribution in [2.24, 2.45) is 0 Å². The molecule has 2 heterocycles. The van der Waals surface area contributed by atoms with E-state index in [1.807, 2.05) is 23.4 Å². The van der Waals surface area contributed by atoms with Crippen molar-refractivity contribution < 1.29 is 4.79 Å². The number of tetrazole rings is 1. The lowest BCUT2D eigenvalue weighted by Crippen LogP contribution is -2.48. The average Bonchev–Trinajstić information content (AvgIpc) is 3.13. The Hall–Kier alpha value is -1.93. The molecule has 146 valence electrons. The lowest BCUT2D eigenvalue weighted by molar-refractivity contribution is -0.130. The topological polar surface area (TPSA) is 67.2 Å². The van der Waals surface area contributed by atoms with Crippen LogP contribution in [0, 0.1) is 6.92 Å². The van der Waals surface area contributed by atoms with Crippen LogP contribution in [0.15, 0.2) is 24.3 Å². The number of hydrogen-bond acceptors (Lipinski definition) is 6. The van der Waals surface area contributed by atoms with Crippen LogP contribution in [0.4, 0.5) is 0 Å². The third kappa shape index (κ3) is 5.29. The number of rotatable bonds is 7. The Balaban J connectivity index is 1.41. The van der Waals surface area contributed by atoms with E-state index in [1.165, 1.54) is 11.1 Å². The maximum Gasteiger partial charge on any atom is 0.232 e. The van der Waals surface area contributed by atoms with Gasteiger partial charge in [0, 0.05) is 32.7 Å². The SMILES string of the molecule is Cc1ccccc1CN1CCN(C(=O)CSCc2nnnn2C(C)C)CC1. The van der Waals surface area contributed by atoms with E-state index in [9.17, 15) is 4.79 Å². The van der Waals surface area contributed by atoms with Crippen LogP contribution in [-0.4, -0.2) is 67.8 Å². The van der Waals surface area contributed by atoms with Crippen molar-refractivity contribution in [3.8, 4) is 0 Å². The molecule has 3 rings (SSSR count). The van der Waals surface area contributed by atoms with E-state index in [0.29, 0.717) is 11.5 Å². The average molecular weight is 389 g/mol. The van der Waals surface area contributed by atoms with E-state index in [0.717, 1.165) is 38.5 Å². The Bertz CT molecular complexity index is 754. The van der Waals surface area contributed by atoms with Crippen molar-refractivity contribution in [1.82, 2.24) is 30.0 Å². The zero-order valence-electron chi connectivity index (χ0n) is 16.3. The lowest BCUT2D eigenvalue weighted by Gasteiger charge is -2.35. The van der Waals surface area contributed by atoms with Crippen LogP contribution in [0.3, 0.4) is 0 Å². The summed E-state index contributed by atoms with van der Waals surface area (Å²) >= 11 is 1.58. The number of thioether (sulfide) groups is 1. The van der Waals surface area contributed by atoms with E-state index in [-0.39, 0.29) is 11.9 Å². The summed E-state index contributed by atoms with van der Waals surface area (Å²) in [6, 6.07) is 8.74. The van der Waals surface area contributed by atoms with Crippen LogP contribution in [0.25, 0.3) is 0 Å². The number of carbonyl (C=O) groups is 1. The summed E-state index contributed by atoms with van der Waals surface area (Å²) in [4.78, 5) is 16.9. The predicted octanol–water partition coefficient (Wildman–Crippen LogP) is 2.14. The van der Waals surface area contributed by atoms with Gasteiger partial charge in [-0.25, -0.2) is 4.68 Å². The molecule has 0 aliphatic carbocycles. The largest absolute Gasteiger partial charge is 0.339 e. The van der Waals surface area contributed by atoms with E-state index in [4.69, 9.17) is 0 Å². The van der Waals surface area contributed by atoms with E-state index < -0.39 is 0 Å². The normalized spacial score (nSPS) is 15.5. The fraction of sp³-hybridized carbons (Fsp3) is 0.579. The van der Waals surface area contributed by atoms with Gasteiger partial charge in [0.2, 0.25) is 5.91 Å². The van der Waals surface area contributed by atoms with Crippen molar-refractivity contribution in [2.45, 2.75) is 39.1 Å². The quantitative estimate of drug-likeness (QED) is 0.724. The van der Waals surface area contributed by atoms with Crippen LogP contribution >= 0.6 is 11.8 Å². The molecule has 0 saturated carbocycles. The molecule has 1 aliphatic heterocycles. The van der Waals surface area contributed by atoms with E-state index >= 15 is 0 Å². The molecule has 1 aromatic heterocycles.